The smallest absolute Gasteiger partial charge is 0.225 e. The van der Waals surface area contributed by atoms with Crippen LogP contribution in [-0.4, -0.2) is 43.5 Å². The molecule has 1 aromatic carbocycles. The number of hydrogen-bond acceptors (Lipinski definition) is 4. The lowest BCUT2D eigenvalue weighted by Gasteiger charge is -2.31. The van der Waals surface area contributed by atoms with Gasteiger partial charge in [0.1, 0.15) is 0 Å². The van der Waals surface area contributed by atoms with Gasteiger partial charge in [-0.05, 0) is 49.8 Å². The molecule has 1 N–H and O–H groups in total. The number of hydrogen-bond donors (Lipinski definition) is 1. The molecule has 0 spiro atoms. The average Bonchev–Trinajstić information content (AvgIpc) is 3.57. The van der Waals surface area contributed by atoms with Gasteiger partial charge in [-0.25, -0.2) is 0 Å². The standard InChI is InChI=1S/C22H32N2O4/c1-3-4-13-28-19-8-5-16(14-20(19)27-2)15-23-21(25)17-9-11-24(12-10-17)22(26)18-6-7-18/h5,8,14,17-18H,3-4,6-7,9-13,15H2,1-2H3,(H,23,25). The molecule has 2 amide bonds. The van der Waals surface area contributed by atoms with E-state index in [4.69, 9.17) is 9.47 Å². The third kappa shape index (κ3) is 5.40. The number of nitrogens with one attached hydrogen (secondary N) is 1. The summed E-state index contributed by atoms with van der Waals surface area (Å²) in [5, 5.41) is 3.03. The second kappa shape index (κ2) is 9.80. The minimum absolute atomic E-state index is 0.0122. The Kier molecular flexibility index (Phi) is 7.18. The summed E-state index contributed by atoms with van der Waals surface area (Å²) in [5.74, 6) is 2.03. The highest BCUT2D eigenvalue weighted by molar-refractivity contribution is 5.82. The molecule has 1 saturated heterocycles. The molecule has 1 aliphatic carbocycles. The molecule has 0 aromatic heterocycles. The number of rotatable bonds is 9. The van der Waals surface area contributed by atoms with Crippen LogP contribution in [0.4, 0.5) is 0 Å². The van der Waals surface area contributed by atoms with Crippen LogP contribution in [0.25, 0.3) is 0 Å². The quantitative estimate of drug-likeness (QED) is 0.660. The van der Waals surface area contributed by atoms with E-state index in [1.54, 1.807) is 7.11 Å². The third-order valence-electron chi connectivity index (χ3n) is 5.55. The van der Waals surface area contributed by atoms with Gasteiger partial charge in [-0.2, -0.15) is 0 Å². The van der Waals surface area contributed by atoms with Gasteiger partial charge in [0.2, 0.25) is 11.8 Å². The Balaban J connectivity index is 1.45. The van der Waals surface area contributed by atoms with Crippen LogP contribution < -0.4 is 14.8 Å². The lowest BCUT2D eigenvalue weighted by molar-refractivity contribution is -0.136. The van der Waals surface area contributed by atoms with Gasteiger partial charge in [-0.3, -0.25) is 9.59 Å². The van der Waals surface area contributed by atoms with Gasteiger partial charge in [0, 0.05) is 31.5 Å². The summed E-state index contributed by atoms with van der Waals surface area (Å²) in [5.41, 5.74) is 0.981. The van der Waals surface area contributed by atoms with E-state index >= 15 is 0 Å². The van der Waals surface area contributed by atoms with Crippen molar-refractivity contribution < 1.29 is 19.1 Å². The van der Waals surface area contributed by atoms with Crippen LogP contribution in [0.1, 0.15) is 51.0 Å². The maximum Gasteiger partial charge on any atom is 0.225 e. The van der Waals surface area contributed by atoms with Crippen LogP contribution in [0.3, 0.4) is 0 Å². The molecule has 0 atom stereocenters. The number of piperidine rings is 1. The Morgan fingerprint density at radius 3 is 2.50 bits per heavy atom. The summed E-state index contributed by atoms with van der Waals surface area (Å²) in [6.45, 7) is 4.66. The van der Waals surface area contributed by atoms with Gasteiger partial charge in [0.25, 0.3) is 0 Å². The van der Waals surface area contributed by atoms with Crippen molar-refractivity contribution in [1.29, 1.82) is 0 Å². The molecule has 1 saturated carbocycles. The first-order valence-electron chi connectivity index (χ1n) is 10.5. The summed E-state index contributed by atoms with van der Waals surface area (Å²) < 4.78 is 11.2. The van der Waals surface area contributed by atoms with Crippen LogP contribution in [0.2, 0.25) is 0 Å². The predicted octanol–water partition coefficient (Wildman–Crippen LogP) is 3.14. The van der Waals surface area contributed by atoms with Crippen molar-refractivity contribution in [2.45, 2.75) is 52.0 Å². The molecule has 2 fully saturated rings. The second-order valence-electron chi connectivity index (χ2n) is 7.78. The van der Waals surface area contributed by atoms with Gasteiger partial charge >= 0.3 is 0 Å². The summed E-state index contributed by atoms with van der Waals surface area (Å²) >= 11 is 0. The van der Waals surface area contributed by atoms with Crippen molar-refractivity contribution in [3.63, 3.8) is 0 Å². The number of methoxy groups -OCH3 is 1. The molecule has 154 valence electrons. The van der Waals surface area contributed by atoms with Crippen molar-refractivity contribution in [2.24, 2.45) is 11.8 Å². The van der Waals surface area contributed by atoms with E-state index in [0.29, 0.717) is 32.0 Å². The van der Waals surface area contributed by atoms with Crippen molar-refractivity contribution in [3.8, 4) is 11.5 Å². The predicted molar refractivity (Wildman–Crippen MR) is 107 cm³/mol. The number of benzene rings is 1. The summed E-state index contributed by atoms with van der Waals surface area (Å²) in [7, 11) is 1.63. The van der Waals surface area contributed by atoms with E-state index in [9.17, 15) is 9.59 Å². The zero-order valence-electron chi connectivity index (χ0n) is 17.0. The van der Waals surface area contributed by atoms with E-state index in [-0.39, 0.29) is 23.7 Å². The molecule has 0 radical (unpaired) electrons. The Labute approximate surface area is 167 Å². The fraction of sp³-hybridized carbons (Fsp3) is 0.636. The molecule has 2 aliphatic rings. The van der Waals surface area contributed by atoms with E-state index in [2.05, 4.69) is 12.2 Å². The largest absolute Gasteiger partial charge is 0.493 e. The number of ether oxygens (including phenoxy) is 2. The van der Waals surface area contributed by atoms with Crippen molar-refractivity contribution in [1.82, 2.24) is 10.2 Å². The molecule has 1 aromatic rings. The summed E-state index contributed by atoms with van der Waals surface area (Å²) in [6.07, 6.45) is 5.65. The van der Waals surface area contributed by atoms with Gasteiger partial charge in [0.15, 0.2) is 11.5 Å². The number of nitrogens with zero attached hydrogens (tertiary/aromatic N) is 1. The van der Waals surface area contributed by atoms with Gasteiger partial charge in [-0.15, -0.1) is 0 Å². The first-order chi connectivity index (χ1) is 13.6. The third-order valence-corrected chi connectivity index (χ3v) is 5.55. The first-order valence-corrected chi connectivity index (χ1v) is 10.5. The first kappa shape index (κ1) is 20.5. The molecular weight excluding hydrogens is 356 g/mol. The van der Waals surface area contributed by atoms with E-state index in [1.165, 1.54) is 0 Å². The highest BCUT2D eigenvalue weighted by atomic mass is 16.5. The minimum Gasteiger partial charge on any atom is -0.493 e. The average molecular weight is 389 g/mol. The topological polar surface area (TPSA) is 67.9 Å². The van der Waals surface area contributed by atoms with Crippen molar-refractivity contribution in [2.75, 3.05) is 26.8 Å². The Bertz CT molecular complexity index is 679. The Morgan fingerprint density at radius 1 is 1.11 bits per heavy atom. The maximum atomic E-state index is 12.5. The van der Waals surface area contributed by atoms with Crippen LogP contribution in [-0.2, 0) is 16.1 Å². The van der Waals surface area contributed by atoms with Gasteiger partial charge in [-0.1, -0.05) is 19.4 Å². The number of carbonyl (C=O) groups excluding carboxylic acids is 2. The van der Waals surface area contributed by atoms with Crippen molar-refractivity contribution >= 4 is 11.8 Å². The fourth-order valence-corrected chi connectivity index (χ4v) is 3.55. The SMILES string of the molecule is CCCCOc1ccc(CNC(=O)C2CCN(C(=O)C3CC3)CC2)cc1OC. The normalized spacial score (nSPS) is 17.3. The number of carbonyl (C=O) groups is 2. The fourth-order valence-electron chi connectivity index (χ4n) is 3.55. The van der Waals surface area contributed by atoms with Crippen LogP contribution in [0.5, 0.6) is 11.5 Å². The zero-order valence-corrected chi connectivity index (χ0v) is 17.0. The van der Waals surface area contributed by atoms with Crippen LogP contribution in [0, 0.1) is 11.8 Å². The molecule has 1 heterocycles. The van der Waals surface area contributed by atoms with E-state index < -0.39 is 0 Å². The highest BCUT2D eigenvalue weighted by Crippen LogP contribution is 2.32. The van der Waals surface area contributed by atoms with E-state index in [1.807, 2.05) is 23.1 Å². The lowest BCUT2D eigenvalue weighted by Crippen LogP contribution is -2.43. The van der Waals surface area contributed by atoms with Crippen LogP contribution in [0.15, 0.2) is 18.2 Å². The Morgan fingerprint density at radius 2 is 1.86 bits per heavy atom. The monoisotopic (exact) mass is 388 g/mol. The molecule has 28 heavy (non-hydrogen) atoms. The summed E-state index contributed by atoms with van der Waals surface area (Å²) in [4.78, 5) is 26.6. The Hall–Kier alpha value is -2.24. The van der Waals surface area contributed by atoms with Gasteiger partial charge in [0.05, 0.1) is 13.7 Å². The maximum absolute atomic E-state index is 12.5. The molecule has 3 rings (SSSR count). The number of amides is 2. The second-order valence-corrected chi connectivity index (χ2v) is 7.78. The van der Waals surface area contributed by atoms with Gasteiger partial charge < -0.3 is 19.7 Å². The molecule has 0 bridgehead atoms. The van der Waals surface area contributed by atoms with Crippen molar-refractivity contribution in [3.05, 3.63) is 23.8 Å². The minimum atomic E-state index is -0.0122. The molecule has 1 aliphatic heterocycles. The molecule has 6 heteroatoms. The van der Waals surface area contributed by atoms with E-state index in [0.717, 1.165) is 49.8 Å². The number of unbranched alkanes of at least 4 members (excludes halogenated alkanes) is 1. The zero-order chi connectivity index (χ0) is 19.9. The number of likely N-dealkylation sites (tertiary alicyclic amines) is 1. The molecular formula is C22H32N2O4. The van der Waals surface area contributed by atoms with Crippen LogP contribution >= 0.6 is 0 Å². The molecule has 0 unspecified atom stereocenters. The summed E-state index contributed by atoms with van der Waals surface area (Å²) in [6, 6.07) is 5.78. The highest BCUT2D eigenvalue weighted by Gasteiger charge is 2.35. The molecule has 6 nitrogen and oxygen atoms in total. The lowest BCUT2D eigenvalue weighted by atomic mass is 9.95.